The number of nitrogens with one attached hydrogen (secondary N) is 2. The van der Waals surface area contributed by atoms with Crippen LogP contribution in [0.1, 0.15) is 5.69 Å². The van der Waals surface area contributed by atoms with E-state index in [9.17, 15) is 9.59 Å². The van der Waals surface area contributed by atoms with Crippen LogP contribution in [0.2, 0.25) is 0 Å². The summed E-state index contributed by atoms with van der Waals surface area (Å²) in [4.78, 5) is 29.9. The van der Waals surface area contributed by atoms with Crippen LogP contribution in [0.5, 0.6) is 5.75 Å². The van der Waals surface area contributed by atoms with Crippen molar-refractivity contribution in [3.8, 4) is 22.8 Å². The number of nitrogens with zero attached hydrogens (tertiary/aromatic N) is 4. The highest BCUT2D eigenvalue weighted by Gasteiger charge is 2.19. The Hall–Kier alpha value is -3.79. The topological polar surface area (TPSA) is 107 Å². The van der Waals surface area contributed by atoms with Gasteiger partial charge in [-0.1, -0.05) is 42.1 Å². The summed E-state index contributed by atoms with van der Waals surface area (Å²) in [6.45, 7) is 1.79. The predicted molar refractivity (Wildman–Crippen MR) is 123 cm³/mol. The van der Waals surface area contributed by atoms with Gasteiger partial charge in [0, 0.05) is 7.05 Å². The van der Waals surface area contributed by atoms with Gasteiger partial charge in [0.05, 0.1) is 29.8 Å². The highest BCUT2D eigenvalue weighted by molar-refractivity contribution is 7.99. The smallest absolute Gasteiger partial charge is 0.295 e. The Labute approximate surface area is 188 Å². The zero-order valence-electron chi connectivity index (χ0n) is 17.8. The highest BCUT2D eigenvalue weighted by Crippen LogP contribution is 2.28. The molecule has 32 heavy (non-hydrogen) atoms. The van der Waals surface area contributed by atoms with Crippen LogP contribution in [0.4, 0.5) is 5.69 Å². The van der Waals surface area contributed by atoms with Crippen molar-refractivity contribution < 1.29 is 9.53 Å². The average Bonchev–Trinajstić information content (AvgIpc) is 3.37. The van der Waals surface area contributed by atoms with Crippen molar-refractivity contribution in [3.63, 3.8) is 0 Å². The number of thioether (sulfide) groups is 1. The Bertz CT molecular complexity index is 1310. The zero-order valence-corrected chi connectivity index (χ0v) is 18.6. The second kappa shape index (κ2) is 9.15. The molecule has 0 fully saturated rings. The van der Waals surface area contributed by atoms with E-state index in [1.54, 1.807) is 25.8 Å². The van der Waals surface area contributed by atoms with Crippen molar-refractivity contribution in [1.82, 2.24) is 24.5 Å². The number of aromatic nitrogens is 5. The summed E-state index contributed by atoms with van der Waals surface area (Å²) in [5, 5.41) is 10.2. The molecule has 9 nitrogen and oxygen atoms in total. The zero-order chi connectivity index (χ0) is 22.7. The standard InChI is InChI=1S/C22H22N6O3S/c1-14-19(21(30)28(27(14)2)15-9-5-4-6-10-15)23-18(29)13-32-22-24-20(25-26-22)16-11-7-8-12-17(16)31-3/h4-12H,13H2,1-3H3,(H,23,29)(H,24,25,26). The molecule has 0 radical (unpaired) electrons. The summed E-state index contributed by atoms with van der Waals surface area (Å²) in [6.07, 6.45) is 0. The number of benzene rings is 2. The molecule has 2 aromatic carbocycles. The van der Waals surface area contributed by atoms with Crippen LogP contribution in [0.25, 0.3) is 17.1 Å². The van der Waals surface area contributed by atoms with Crippen molar-refractivity contribution in [1.29, 1.82) is 0 Å². The molecular weight excluding hydrogens is 428 g/mol. The molecule has 0 aliphatic carbocycles. The van der Waals surface area contributed by atoms with Gasteiger partial charge in [-0.25, -0.2) is 9.67 Å². The molecule has 2 heterocycles. The van der Waals surface area contributed by atoms with Crippen LogP contribution in [-0.2, 0) is 11.8 Å². The fourth-order valence-corrected chi connectivity index (χ4v) is 3.89. The number of carbonyl (C=O) groups is 1. The molecule has 10 heteroatoms. The maximum absolute atomic E-state index is 12.9. The molecule has 0 atom stereocenters. The lowest BCUT2D eigenvalue weighted by Gasteiger charge is -2.07. The first-order chi connectivity index (χ1) is 15.5. The number of hydrogen-bond donors (Lipinski definition) is 2. The molecule has 2 aromatic heterocycles. The molecule has 0 saturated heterocycles. The Balaban J connectivity index is 1.46. The van der Waals surface area contributed by atoms with Gasteiger partial charge in [-0.2, -0.15) is 0 Å². The van der Waals surface area contributed by atoms with E-state index in [2.05, 4.69) is 20.5 Å². The summed E-state index contributed by atoms with van der Waals surface area (Å²) in [5.74, 6) is 0.967. The average molecular weight is 451 g/mol. The number of amides is 1. The summed E-state index contributed by atoms with van der Waals surface area (Å²) in [6, 6.07) is 16.7. The monoisotopic (exact) mass is 450 g/mol. The predicted octanol–water partition coefficient (Wildman–Crippen LogP) is 3.01. The lowest BCUT2D eigenvalue weighted by atomic mass is 10.2. The molecular formula is C22H22N6O3S. The van der Waals surface area contributed by atoms with Gasteiger partial charge in [-0.15, -0.1) is 5.10 Å². The number of aromatic amines is 1. The fraction of sp³-hybridized carbons (Fsp3) is 0.182. The van der Waals surface area contributed by atoms with Gasteiger partial charge >= 0.3 is 0 Å². The quantitative estimate of drug-likeness (QED) is 0.419. The Morgan fingerprint density at radius 2 is 1.88 bits per heavy atom. The molecule has 0 aliphatic rings. The first-order valence-corrected chi connectivity index (χ1v) is 10.8. The molecule has 0 aliphatic heterocycles. The van der Waals surface area contributed by atoms with Crippen molar-refractivity contribution in [2.24, 2.45) is 7.05 Å². The van der Waals surface area contributed by atoms with Crippen molar-refractivity contribution in [2.45, 2.75) is 12.1 Å². The first kappa shape index (κ1) is 21.4. The van der Waals surface area contributed by atoms with Gasteiger partial charge in [-0.3, -0.25) is 19.4 Å². The third-order valence-electron chi connectivity index (χ3n) is 4.98. The van der Waals surface area contributed by atoms with Crippen LogP contribution < -0.4 is 15.6 Å². The molecule has 164 valence electrons. The number of para-hydroxylation sites is 2. The van der Waals surface area contributed by atoms with Gasteiger partial charge in [0.15, 0.2) is 5.82 Å². The summed E-state index contributed by atoms with van der Waals surface area (Å²) in [5.41, 5.74) is 2.13. The highest BCUT2D eigenvalue weighted by atomic mass is 32.2. The second-order valence-electron chi connectivity index (χ2n) is 6.94. The van der Waals surface area contributed by atoms with E-state index in [0.717, 1.165) is 11.3 Å². The van der Waals surface area contributed by atoms with E-state index in [-0.39, 0.29) is 22.9 Å². The lowest BCUT2D eigenvalue weighted by molar-refractivity contribution is -0.113. The van der Waals surface area contributed by atoms with Crippen LogP contribution in [0.3, 0.4) is 0 Å². The van der Waals surface area contributed by atoms with Crippen LogP contribution in [0.15, 0.2) is 64.5 Å². The third-order valence-corrected chi connectivity index (χ3v) is 5.83. The molecule has 0 unspecified atom stereocenters. The van der Waals surface area contributed by atoms with Crippen LogP contribution in [-0.4, -0.2) is 43.3 Å². The molecule has 0 saturated carbocycles. The molecule has 1 amide bonds. The van der Waals surface area contributed by atoms with Crippen molar-refractivity contribution >= 4 is 23.4 Å². The number of ether oxygens (including phenoxy) is 1. The SMILES string of the molecule is COc1ccccc1-c1nc(SCC(=O)Nc2c(C)n(C)n(-c3ccccc3)c2=O)n[nH]1. The van der Waals surface area contributed by atoms with Gasteiger partial charge in [-0.05, 0) is 31.2 Å². The molecule has 0 bridgehead atoms. The minimum Gasteiger partial charge on any atom is -0.496 e. The summed E-state index contributed by atoms with van der Waals surface area (Å²) in [7, 11) is 3.37. The molecule has 0 spiro atoms. The third kappa shape index (κ3) is 4.17. The van der Waals surface area contributed by atoms with E-state index in [0.29, 0.717) is 22.4 Å². The Morgan fingerprint density at radius 3 is 2.62 bits per heavy atom. The maximum Gasteiger partial charge on any atom is 0.295 e. The summed E-state index contributed by atoms with van der Waals surface area (Å²) < 4.78 is 8.59. The number of methoxy groups -OCH3 is 1. The van der Waals surface area contributed by atoms with E-state index >= 15 is 0 Å². The van der Waals surface area contributed by atoms with Crippen LogP contribution >= 0.6 is 11.8 Å². The van der Waals surface area contributed by atoms with Gasteiger partial charge < -0.3 is 10.1 Å². The van der Waals surface area contributed by atoms with Crippen LogP contribution in [0, 0.1) is 6.92 Å². The Morgan fingerprint density at radius 1 is 1.16 bits per heavy atom. The molecule has 4 aromatic rings. The Kier molecular flexibility index (Phi) is 6.13. The van der Waals surface area contributed by atoms with E-state index in [4.69, 9.17) is 4.74 Å². The number of H-pyrrole nitrogens is 1. The van der Waals surface area contributed by atoms with E-state index in [1.165, 1.54) is 16.4 Å². The minimum absolute atomic E-state index is 0.0579. The van der Waals surface area contributed by atoms with Gasteiger partial charge in [0.1, 0.15) is 11.4 Å². The number of carbonyl (C=O) groups excluding carboxylic acids is 1. The minimum atomic E-state index is -0.315. The molecule has 4 rings (SSSR count). The molecule has 2 N–H and O–H groups in total. The normalized spacial score (nSPS) is 10.8. The lowest BCUT2D eigenvalue weighted by Crippen LogP contribution is -2.23. The van der Waals surface area contributed by atoms with Crippen molar-refractivity contribution in [2.75, 3.05) is 18.2 Å². The van der Waals surface area contributed by atoms with E-state index < -0.39 is 0 Å². The largest absolute Gasteiger partial charge is 0.496 e. The fourth-order valence-electron chi connectivity index (χ4n) is 3.29. The first-order valence-electron chi connectivity index (χ1n) is 9.82. The number of rotatable bonds is 7. The van der Waals surface area contributed by atoms with Gasteiger partial charge in [0.2, 0.25) is 11.1 Å². The van der Waals surface area contributed by atoms with E-state index in [1.807, 2.05) is 54.6 Å². The summed E-state index contributed by atoms with van der Waals surface area (Å²) >= 11 is 1.17. The second-order valence-corrected chi connectivity index (χ2v) is 7.88. The van der Waals surface area contributed by atoms with Gasteiger partial charge in [0.25, 0.3) is 5.56 Å². The van der Waals surface area contributed by atoms with Crippen molar-refractivity contribution in [3.05, 3.63) is 70.6 Å². The number of anilines is 1. The number of hydrogen-bond acceptors (Lipinski definition) is 6. The maximum atomic E-state index is 12.9.